The molecule has 27 heavy (non-hydrogen) atoms. The van der Waals surface area contributed by atoms with Gasteiger partial charge in [0.15, 0.2) is 11.5 Å². The molecule has 0 saturated carbocycles. The molecule has 1 aromatic heterocycles. The van der Waals surface area contributed by atoms with Gasteiger partial charge in [-0.1, -0.05) is 6.92 Å². The fourth-order valence-corrected chi connectivity index (χ4v) is 3.84. The highest BCUT2D eigenvalue weighted by Gasteiger charge is 2.39. The molecule has 2 aromatic rings. The Hall–Kier alpha value is -2.10. The van der Waals surface area contributed by atoms with E-state index in [1.807, 2.05) is 18.2 Å². The van der Waals surface area contributed by atoms with Crippen LogP contribution in [0.25, 0.3) is 10.9 Å². The van der Waals surface area contributed by atoms with Gasteiger partial charge in [-0.15, -0.1) is 0 Å². The third kappa shape index (κ3) is 3.95. The lowest BCUT2D eigenvalue weighted by molar-refractivity contribution is 0.209. The number of nitrogens with two attached hydrogens (primary N) is 1. The summed E-state index contributed by atoms with van der Waals surface area (Å²) < 4.78 is 34.7. The molecule has 0 atom stereocenters. The average Bonchev–Trinajstić information content (AvgIpc) is 2.61. The van der Waals surface area contributed by atoms with Gasteiger partial charge in [0.05, 0.1) is 19.7 Å². The van der Waals surface area contributed by atoms with Crippen LogP contribution < -0.4 is 19.5 Å². The first-order valence-corrected chi connectivity index (χ1v) is 10.2. The van der Waals surface area contributed by atoms with Gasteiger partial charge in [0, 0.05) is 55.4 Å². The summed E-state index contributed by atoms with van der Waals surface area (Å²) in [6.45, 7) is 4.23. The largest absolute Gasteiger partial charge is 0.493 e. The summed E-state index contributed by atoms with van der Waals surface area (Å²) in [5, 5.41) is 6.16. The van der Waals surface area contributed by atoms with Gasteiger partial charge in [-0.3, -0.25) is 4.98 Å². The van der Waals surface area contributed by atoms with Crippen LogP contribution in [0.3, 0.4) is 0 Å². The molecule has 0 unspecified atom stereocenters. The first-order chi connectivity index (χ1) is 12.7. The molecule has 0 aliphatic carbocycles. The molecule has 2 heterocycles. The second-order valence-electron chi connectivity index (χ2n) is 7.34. The van der Waals surface area contributed by atoms with Crippen LogP contribution in [0.1, 0.15) is 13.3 Å². The number of anilines is 1. The summed E-state index contributed by atoms with van der Waals surface area (Å²) in [4.78, 5) is 6.71. The standard InChI is InChI=1S/C18H26N4O4S/c1-18(6-8-21(2)27(19,23)24)11-22(12-18)15-5-7-20-14-10-17(26-4)16(25-3)9-13(14)15/h5,7,9-10H,6,8,11-12H2,1-4H3,(H2,19,23,24). The maximum Gasteiger partial charge on any atom is 0.276 e. The molecule has 9 heteroatoms. The summed E-state index contributed by atoms with van der Waals surface area (Å²) in [7, 11) is 1.09. The molecule has 3 rings (SSSR count). The average molecular weight is 394 g/mol. The van der Waals surface area contributed by atoms with Crippen LogP contribution in [0.2, 0.25) is 0 Å². The quantitative estimate of drug-likeness (QED) is 0.766. The summed E-state index contributed by atoms with van der Waals surface area (Å²) in [6.07, 6.45) is 2.53. The number of pyridine rings is 1. The highest BCUT2D eigenvalue weighted by atomic mass is 32.2. The van der Waals surface area contributed by atoms with Crippen LogP contribution in [-0.2, 0) is 10.2 Å². The van der Waals surface area contributed by atoms with Crippen molar-refractivity contribution in [1.82, 2.24) is 9.29 Å². The Morgan fingerprint density at radius 2 is 1.89 bits per heavy atom. The van der Waals surface area contributed by atoms with E-state index in [-0.39, 0.29) is 5.41 Å². The van der Waals surface area contributed by atoms with Crippen molar-refractivity contribution in [3.8, 4) is 11.5 Å². The number of nitrogens with zero attached hydrogens (tertiary/aromatic N) is 3. The molecule has 0 spiro atoms. The Bertz CT molecular complexity index is 942. The second-order valence-corrected chi connectivity index (χ2v) is 8.99. The van der Waals surface area contributed by atoms with E-state index in [1.165, 1.54) is 11.4 Å². The van der Waals surface area contributed by atoms with Crippen molar-refractivity contribution in [2.24, 2.45) is 10.6 Å². The lowest BCUT2D eigenvalue weighted by Gasteiger charge is -2.50. The highest BCUT2D eigenvalue weighted by Crippen LogP contribution is 2.41. The Kier molecular flexibility index (Phi) is 5.20. The Morgan fingerprint density at radius 3 is 2.48 bits per heavy atom. The van der Waals surface area contributed by atoms with E-state index in [1.54, 1.807) is 20.4 Å². The van der Waals surface area contributed by atoms with Crippen LogP contribution >= 0.6 is 0 Å². The molecular formula is C18H26N4O4S. The monoisotopic (exact) mass is 394 g/mol. The summed E-state index contributed by atoms with van der Waals surface area (Å²) >= 11 is 0. The molecule has 8 nitrogen and oxygen atoms in total. The number of ether oxygens (including phenoxy) is 2. The van der Waals surface area contributed by atoms with Gasteiger partial charge in [-0.25, -0.2) is 5.14 Å². The molecule has 1 aromatic carbocycles. The molecular weight excluding hydrogens is 368 g/mol. The molecule has 0 bridgehead atoms. The second kappa shape index (κ2) is 7.14. The minimum absolute atomic E-state index is 0.0328. The molecule has 148 valence electrons. The Morgan fingerprint density at radius 1 is 1.26 bits per heavy atom. The molecule has 1 aliphatic heterocycles. The van der Waals surface area contributed by atoms with E-state index in [9.17, 15) is 8.42 Å². The summed E-state index contributed by atoms with van der Waals surface area (Å²) in [5.74, 6) is 1.31. The normalized spacial score (nSPS) is 16.4. The number of methoxy groups -OCH3 is 2. The van der Waals surface area contributed by atoms with Crippen molar-refractivity contribution in [3.63, 3.8) is 0 Å². The fraction of sp³-hybridized carbons (Fsp3) is 0.500. The zero-order chi connectivity index (χ0) is 19.8. The molecule has 0 amide bonds. The van der Waals surface area contributed by atoms with Crippen LogP contribution in [0.15, 0.2) is 24.4 Å². The predicted octanol–water partition coefficient (Wildman–Crippen LogP) is 1.60. The third-order valence-electron chi connectivity index (χ3n) is 5.17. The van der Waals surface area contributed by atoms with Crippen LogP contribution in [-0.4, -0.2) is 58.6 Å². The topological polar surface area (TPSA) is 98.0 Å². The van der Waals surface area contributed by atoms with E-state index >= 15 is 0 Å². The minimum Gasteiger partial charge on any atom is -0.493 e. The van der Waals surface area contributed by atoms with Crippen LogP contribution in [0.4, 0.5) is 5.69 Å². The van der Waals surface area contributed by atoms with Crippen molar-refractivity contribution in [1.29, 1.82) is 0 Å². The zero-order valence-corrected chi connectivity index (χ0v) is 16.9. The number of aromatic nitrogens is 1. The predicted molar refractivity (Wildman–Crippen MR) is 106 cm³/mol. The lowest BCUT2D eigenvalue weighted by atomic mass is 9.78. The molecule has 1 saturated heterocycles. The van der Waals surface area contributed by atoms with Gasteiger partial charge in [0.25, 0.3) is 10.2 Å². The van der Waals surface area contributed by atoms with Gasteiger partial charge in [0.1, 0.15) is 0 Å². The van der Waals surface area contributed by atoms with Crippen molar-refractivity contribution in [2.75, 3.05) is 45.8 Å². The van der Waals surface area contributed by atoms with Gasteiger partial charge in [-0.2, -0.15) is 12.7 Å². The van der Waals surface area contributed by atoms with Gasteiger partial charge < -0.3 is 14.4 Å². The maximum atomic E-state index is 11.4. The first kappa shape index (κ1) is 19.7. The lowest BCUT2D eigenvalue weighted by Crippen LogP contribution is -2.56. The highest BCUT2D eigenvalue weighted by molar-refractivity contribution is 7.86. The Balaban J connectivity index is 1.78. The van der Waals surface area contributed by atoms with Gasteiger partial charge in [0.2, 0.25) is 0 Å². The van der Waals surface area contributed by atoms with Gasteiger partial charge >= 0.3 is 0 Å². The Labute approximate surface area is 160 Å². The van der Waals surface area contributed by atoms with E-state index in [2.05, 4.69) is 16.8 Å². The van der Waals surface area contributed by atoms with Crippen molar-refractivity contribution >= 4 is 26.8 Å². The maximum absolute atomic E-state index is 11.4. The minimum atomic E-state index is -3.63. The first-order valence-electron chi connectivity index (χ1n) is 8.67. The number of hydrogen-bond acceptors (Lipinski definition) is 6. The smallest absolute Gasteiger partial charge is 0.276 e. The van der Waals surface area contributed by atoms with E-state index in [0.717, 1.165) is 36.1 Å². The third-order valence-corrected chi connectivity index (χ3v) is 6.23. The fourth-order valence-electron chi connectivity index (χ4n) is 3.49. The van der Waals surface area contributed by atoms with E-state index in [4.69, 9.17) is 14.6 Å². The van der Waals surface area contributed by atoms with Gasteiger partial charge in [-0.05, 0) is 18.6 Å². The number of fused-ring (bicyclic) bond motifs is 1. The number of benzene rings is 1. The summed E-state index contributed by atoms with van der Waals surface area (Å²) in [6, 6.07) is 5.81. The van der Waals surface area contributed by atoms with Crippen molar-refractivity contribution in [3.05, 3.63) is 24.4 Å². The molecule has 1 aliphatic rings. The molecule has 1 fully saturated rings. The number of rotatable bonds is 7. The molecule has 0 radical (unpaired) electrons. The van der Waals surface area contributed by atoms with Crippen LogP contribution in [0, 0.1) is 5.41 Å². The number of hydrogen-bond donors (Lipinski definition) is 1. The summed E-state index contributed by atoms with van der Waals surface area (Å²) in [5.41, 5.74) is 1.96. The van der Waals surface area contributed by atoms with E-state index < -0.39 is 10.2 Å². The SMILES string of the molecule is COc1cc2nccc(N3CC(C)(CCN(C)S(N)(=O)=O)C3)c2cc1OC. The van der Waals surface area contributed by atoms with Crippen LogP contribution in [0.5, 0.6) is 11.5 Å². The molecule has 2 N–H and O–H groups in total. The van der Waals surface area contributed by atoms with Crippen molar-refractivity contribution < 1.29 is 17.9 Å². The zero-order valence-electron chi connectivity index (χ0n) is 16.1. The van der Waals surface area contributed by atoms with Crippen molar-refractivity contribution in [2.45, 2.75) is 13.3 Å². The van der Waals surface area contributed by atoms with E-state index in [0.29, 0.717) is 18.0 Å².